The third kappa shape index (κ3) is 2.24. The number of nitrogens with zero attached hydrogens (tertiary/aromatic N) is 3. The first kappa shape index (κ1) is 12.3. The molecule has 1 aliphatic rings. The first-order valence-electron chi connectivity index (χ1n) is 5.83. The van der Waals surface area contributed by atoms with Gasteiger partial charge in [-0.15, -0.1) is 0 Å². The molecular weight excluding hydrogens is 345 g/mol. The van der Waals surface area contributed by atoms with Gasteiger partial charge in [-0.25, -0.2) is 0 Å². The van der Waals surface area contributed by atoms with Crippen LogP contribution in [0.5, 0.6) is 0 Å². The van der Waals surface area contributed by atoms with Gasteiger partial charge < -0.3 is 9.47 Å². The lowest BCUT2D eigenvalue weighted by atomic mass is 10.3. The van der Waals surface area contributed by atoms with Gasteiger partial charge in [0, 0.05) is 9.77 Å². The van der Waals surface area contributed by atoms with Gasteiger partial charge in [-0.05, 0) is 42.5 Å². The second-order valence-corrected chi connectivity index (χ2v) is 5.97. The number of aromatic nitrogens is 3. The van der Waals surface area contributed by atoms with E-state index in [-0.39, 0.29) is 6.10 Å². The standard InChI is InChI=1S/C12H14IN3O2/c1-12(2)17-7-8(18-12)6-16-11-9(13)3-4-14-10(11)5-15-16/h3-5,8H,6-7H2,1-2H3/t8-/m1/s1. The molecule has 0 bridgehead atoms. The van der Waals surface area contributed by atoms with Gasteiger partial charge >= 0.3 is 0 Å². The molecular formula is C12H14IN3O2. The summed E-state index contributed by atoms with van der Waals surface area (Å²) in [5.41, 5.74) is 1.98. The summed E-state index contributed by atoms with van der Waals surface area (Å²) >= 11 is 2.30. The molecule has 3 heterocycles. The average molecular weight is 359 g/mol. The number of hydrogen-bond acceptors (Lipinski definition) is 4. The fourth-order valence-corrected chi connectivity index (χ4v) is 2.88. The Morgan fingerprint density at radius 1 is 1.56 bits per heavy atom. The fraction of sp³-hybridized carbons (Fsp3) is 0.500. The van der Waals surface area contributed by atoms with Gasteiger partial charge in [0.25, 0.3) is 0 Å². The van der Waals surface area contributed by atoms with E-state index in [0.717, 1.165) is 14.6 Å². The van der Waals surface area contributed by atoms with Crippen LogP contribution >= 0.6 is 22.6 Å². The van der Waals surface area contributed by atoms with Crippen molar-refractivity contribution in [1.82, 2.24) is 14.8 Å². The van der Waals surface area contributed by atoms with Gasteiger partial charge in [-0.1, -0.05) is 0 Å². The van der Waals surface area contributed by atoms with Gasteiger partial charge in [-0.3, -0.25) is 9.67 Å². The van der Waals surface area contributed by atoms with Crippen LogP contribution in [-0.4, -0.2) is 33.3 Å². The van der Waals surface area contributed by atoms with Crippen molar-refractivity contribution in [2.24, 2.45) is 0 Å². The van der Waals surface area contributed by atoms with Crippen LogP contribution in [0.4, 0.5) is 0 Å². The van der Waals surface area contributed by atoms with Crippen molar-refractivity contribution in [3.8, 4) is 0 Å². The third-order valence-corrected chi connectivity index (χ3v) is 3.80. The summed E-state index contributed by atoms with van der Waals surface area (Å²) < 4.78 is 14.5. The highest BCUT2D eigenvalue weighted by molar-refractivity contribution is 14.1. The van der Waals surface area contributed by atoms with Gasteiger partial charge in [-0.2, -0.15) is 5.10 Å². The number of ether oxygens (including phenoxy) is 2. The highest BCUT2D eigenvalue weighted by Crippen LogP contribution is 2.25. The number of pyridine rings is 1. The van der Waals surface area contributed by atoms with Crippen LogP contribution in [0.25, 0.3) is 11.0 Å². The molecule has 1 saturated heterocycles. The van der Waals surface area contributed by atoms with Crippen LogP contribution in [0.2, 0.25) is 0 Å². The molecule has 0 N–H and O–H groups in total. The normalized spacial score (nSPS) is 22.7. The Morgan fingerprint density at radius 2 is 2.39 bits per heavy atom. The van der Waals surface area contributed by atoms with E-state index in [0.29, 0.717) is 13.2 Å². The van der Waals surface area contributed by atoms with Gasteiger partial charge in [0.05, 0.1) is 19.3 Å². The van der Waals surface area contributed by atoms with Crippen LogP contribution in [0.3, 0.4) is 0 Å². The zero-order chi connectivity index (χ0) is 12.8. The van der Waals surface area contributed by atoms with Gasteiger partial charge in [0.2, 0.25) is 0 Å². The molecule has 0 aliphatic carbocycles. The Kier molecular flexibility index (Phi) is 3.03. The Bertz CT molecular complexity index is 582. The number of halogens is 1. The molecule has 0 unspecified atom stereocenters. The molecule has 5 nitrogen and oxygen atoms in total. The van der Waals surface area contributed by atoms with Crippen molar-refractivity contribution < 1.29 is 9.47 Å². The molecule has 2 aromatic heterocycles. The smallest absolute Gasteiger partial charge is 0.163 e. The van der Waals surface area contributed by atoms with Crippen LogP contribution in [0.1, 0.15) is 13.8 Å². The molecule has 1 atom stereocenters. The second kappa shape index (κ2) is 4.43. The molecule has 3 rings (SSSR count). The summed E-state index contributed by atoms with van der Waals surface area (Å²) in [6, 6.07) is 1.98. The molecule has 2 aromatic rings. The van der Waals surface area contributed by atoms with E-state index in [9.17, 15) is 0 Å². The van der Waals surface area contributed by atoms with Gasteiger partial charge in [0.1, 0.15) is 17.1 Å². The maximum atomic E-state index is 5.80. The summed E-state index contributed by atoms with van der Waals surface area (Å²) in [5, 5.41) is 4.38. The molecule has 1 fully saturated rings. The number of rotatable bonds is 2. The Labute approximate surface area is 119 Å². The van der Waals surface area contributed by atoms with E-state index in [1.54, 1.807) is 12.4 Å². The highest BCUT2D eigenvalue weighted by atomic mass is 127. The lowest BCUT2D eigenvalue weighted by Crippen LogP contribution is -2.24. The highest BCUT2D eigenvalue weighted by Gasteiger charge is 2.33. The Hall–Kier alpha value is -0.730. The largest absolute Gasteiger partial charge is 0.348 e. The third-order valence-electron chi connectivity index (χ3n) is 2.92. The van der Waals surface area contributed by atoms with E-state index >= 15 is 0 Å². The summed E-state index contributed by atoms with van der Waals surface area (Å²) in [4.78, 5) is 4.31. The molecule has 0 radical (unpaired) electrons. The van der Waals surface area contributed by atoms with Crippen molar-refractivity contribution in [3.05, 3.63) is 22.0 Å². The summed E-state index contributed by atoms with van der Waals surface area (Å²) in [6.45, 7) is 5.15. The minimum absolute atomic E-state index is 0.0408. The maximum absolute atomic E-state index is 5.80. The number of hydrogen-bond donors (Lipinski definition) is 0. The minimum atomic E-state index is -0.487. The Morgan fingerprint density at radius 3 is 3.11 bits per heavy atom. The van der Waals surface area contributed by atoms with Crippen LogP contribution in [0, 0.1) is 3.57 Å². The molecule has 1 aliphatic heterocycles. The van der Waals surface area contributed by atoms with Crippen molar-refractivity contribution in [2.45, 2.75) is 32.3 Å². The zero-order valence-corrected chi connectivity index (χ0v) is 12.4. The molecule has 0 aromatic carbocycles. The molecule has 18 heavy (non-hydrogen) atoms. The van der Waals surface area contributed by atoms with E-state index in [1.807, 2.05) is 24.6 Å². The van der Waals surface area contributed by atoms with E-state index in [1.165, 1.54) is 0 Å². The fourth-order valence-electron chi connectivity index (χ4n) is 2.16. The molecule has 6 heteroatoms. The van der Waals surface area contributed by atoms with Crippen molar-refractivity contribution in [2.75, 3.05) is 6.61 Å². The SMILES string of the molecule is CC1(C)OC[C@@H](Cn2ncc3nccc(I)c32)O1. The monoisotopic (exact) mass is 359 g/mol. The first-order chi connectivity index (χ1) is 8.55. The molecule has 0 amide bonds. The van der Waals surface area contributed by atoms with E-state index in [4.69, 9.17) is 9.47 Å². The van der Waals surface area contributed by atoms with Gasteiger partial charge in [0.15, 0.2) is 5.79 Å². The number of fused-ring (bicyclic) bond motifs is 1. The first-order valence-corrected chi connectivity index (χ1v) is 6.91. The maximum Gasteiger partial charge on any atom is 0.163 e. The lowest BCUT2D eigenvalue weighted by Gasteiger charge is -2.17. The van der Waals surface area contributed by atoms with Crippen molar-refractivity contribution in [1.29, 1.82) is 0 Å². The predicted molar refractivity (Wildman–Crippen MR) is 75.1 cm³/mol. The predicted octanol–water partition coefficient (Wildman–Crippen LogP) is 2.19. The molecule has 0 spiro atoms. The quantitative estimate of drug-likeness (QED) is 0.772. The van der Waals surface area contributed by atoms with Crippen molar-refractivity contribution in [3.63, 3.8) is 0 Å². The van der Waals surface area contributed by atoms with Crippen molar-refractivity contribution >= 4 is 33.6 Å². The molecule has 0 saturated carbocycles. The topological polar surface area (TPSA) is 49.2 Å². The second-order valence-electron chi connectivity index (χ2n) is 4.80. The average Bonchev–Trinajstić information content (AvgIpc) is 2.85. The lowest BCUT2D eigenvalue weighted by molar-refractivity contribution is -0.139. The van der Waals surface area contributed by atoms with E-state index < -0.39 is 5.79 Å². The van der Waals surface area contributed by atoms with Crippen LogP contribution < -0.4 is 0 Å². The zero-order valence-electron chi connectivity index (χ0n) is 10.3. The summed E-state index contributed by atoms with van der Waals surface area (Å²) in [7, 11) is 0. The summed E-state index contributed by atoms with van der Waals surface area (Å²) in [6.07, 6.45) is 3.63. The minimum Gasteiger partial charge on any atom is -0.348 e. The van der Waals surface area contributed by atoms with Crippen LogP contribution in [0.15, 0.2) is 18.5 Å². The molecule has 96 valence electrons. The van der Waals surface area contributed by atoms with Crippen LogP contribution in [-0.2, 0) is 16.0 Å². The Balaban J connectivity index is 1.88. The van der Waals surface area contributed by atoms with E-state index in [2.05, 4.69) is 32.7 Å². The summed E-state index contributed by atoms with van der Waals surface area (Å²) in [5.74, 6) is -0.487.